The van der Waals surface area contributed by atoms with E-state index in [2.05, 4.69) is 58.4 Å². The lowest BCUT2D eigenvalue weighted by Gasteiger charge is -2.54. The Morgan fingerprint density at radius 3 is 2.47 bits per heavy atom. The first-order chi connectivity index (χ1) is 20.9. The molecule has 4 heterocycles. The quantitative estimate of drug-likeness (QED) is 0.254. The summed E-state index contributed by atoms with van der Waals surface area (Å²) >= 11 is 0. The van der Waals surface area contributed by atoms with E-state index in [0.29, 0.717) is 25.2 Å². The van der Waals surface area contributed by atoms with Crippen LogP contribution in [0.5, 0.6) is 5.75 Å². The summed E-state index contributed by atoms with van der Waals surface area (Å²) in [6.07, 6.45) is 8.04. The van der Waals surface area contributed by atoms with Gasteiger partial charge in [-0.15, -0.1) is 0 Å². The van der Waals surface area contributed by atoms with Crippen molar-refractivity contribution in [1.82, 2.24) is 31.1 Å². The first-order valence-corrected chi connectivity index (χ1v) is 16.6. The van der Waals surface area contributed by atoms with Crippen LogP contribution in [-0.2, 0) is 4.79 Å². The van der Waals surface area contributed by atoms with Gasteiger partial charge in [0.15, 0.2) is 6.23 Å². The highest BCUT2D eigenvalue weighted by Gasteiger charge is 2.66. The number of fused-ring (bicyclic) bond motifs is 1. The number of piperidine rings is 1. The molecule has 0 spiro atoms. The highest BCUT2D eigenvalue weighted by Crippen LogP contribution is 2.53. The van der Waals surface area contributed by atoms with Gasteiger partial charge in [-0.3, -0.25) is 25.6 Å². The summed E-state index contributed by atoms with van der Waals surface area (Å²) in [5, 5.41) is 15.2. The molecule has 0 bridgehead atoms. The van der Waals surface area contributed by atoms with Crippen LogP contribution in [0.1, 0.15) is 52.4 Å². The third-order valence-corrected chi connectivity index (χ3v) is 10.7. The van der Waals surface area contributed by atoms with Gasteiger partial charge in [0, 0.05) is 62.7 Å². The summed E-state index contributed by atoms with van der Waals surface area (Å²) in [4.78, 5) is 16.8. The van der Waals surface area contributed by atoms with Crippen LogP contribution in [0.4, 0.5) is 0 Å². The zero-order chi connectivity index (χ0) is 30.0. The van der Waals surface area contributed by atoms with E-state index in [9.17, 15) is 4.79 Å². The van der Waals surface area contributed by atoms with Crippen molar-refractivity contribution in [2.45, 2.75) is 88.6 Å². The van der Waals surface area contributed by atoms with E-state index >= 15 is 0 Å². The minimum absolute atomic E-state index is 0.0220. The van der Waals surface area contributed by atoms with E-state index in [1.54, 1.807) is 0 Å². The number of nitrogens with zero attached hydrogens (tertiary/aromatic N) is 2. The van der Waals surface area contributed by atoms with Crippen LogP contribution in [0.15, 0.2) is 43.0 Å². The third-order valence-electron chi connectivity index (χ3n) is 10.7. The van der Waals surface area contributed by atoms with Crippen molar-refractivity contribution in [2.24, 2.45) is 29.4 Å². The number of benzene rings is 1. The van der Waals surface area contributed by atoms with Crippen LogP contribution in [0.3, 0.4) is 0 Å². The summed E-state index contributed by atoms with van der Waals surface area (Å²) in [6.45, 7) is 12.0. The molecule has 1 amide bonds. The van der Waals surface area contributed by atoms with Crippen LogP contribution >= 0.6 is 0 Å². The Balaban J connectivity index is 1.29. The minimum Gasteiger partial charge on any atom is -0.474 e. The highest BCUT2D eigenvalue weighted by molar-refractivity contribution is 5.87. The molecule has 6 rings (SSSR count). The molecule has 0 aromatic heterocycles. The number of rotatable bonds is 6. The fraction of sp³-hybridized carbons (Fsp3) is 0.676. The van der Waals surface area contributed by atoms with E-state index < -0.39 is 0 Å². The summed E-state index contributed by atoms with van der Waals surface area (Å²) < 4.78 is 6.25. The van der Waals surface area contributed by atoms with Gasteiger partial charge in [-0.1, -0.05) is 49.5 Å². The van der Waals surface area contributed by atoms with E-state index in [4.69, 9.17) is 10.5 Å². The molecule has 5 aliphatic rings. The van der Waals surface area contributed by atoms with Crippen LogP contribution in [0.2, 0.25) is 0 Å². The Hall–Kier alpha value is -2.45. The maximum absolute atomic E-state index is 12.2. The fourth-order valence-corrected chi connectivity index (χ4v) is 8.87. The van der Waals surface area contributed by atoms with Crippen molar-refractivity contribution in [3.8, 4) is 17.6 Å². The number of likely N-dealkylation sites (tertiary alicyclic amines) is 2. The van der Waals surface area contributed by atoms with Gasteiger partial charge >= 0.3 is 0 Å². The second kappa shape index (κ2) is 13.3. The van der Waals surface area contributed by atoms with Crippen LogP contribution in [0.25, 0.3) is 0 Å². The van der Waals surface area contributed by atoms with Gasteiger partial charge in [-0.05, 0) is 63.7 Å². The number of para-hydroxylation sites is 1. The maximum Gasteiger partial charge on any atom is 0.245 e. The van der Waals surface area contributed by atoms with Crippen molar-refractivity contribution in [3.05, 3.63) is 43.0 Å². The van der Waals surface area contributed by atoms with Crippen LogP contribution in [0, 0.1) is 35.5 Å². The second-order valence-electron chi connectivity index (χ2n) is 13.4. The molecule has 4 saturated heterocycles. The summed E-state index contributed by atoms with van der Waals surface area (Å²) in [5.41, 5.74) is 6.88. The lowest BCUT2D eigenvalue weighted by atomic mass is 9.71. The number of hydrogen-bond acceptors (Lipinski definition) is 8. The molecule has 234 valence electrons. The van der Waals surface area contributed by atoms with Gasteiger partial charge in [0.1, 0.15) is 5.75 Å². The molecule has 6 N–H and O–H groups in total. The molecule has 9 heteroatoms. The molecule has 1 aliphatic carbocycles. The zero-order valence-corrected chi connectivity index (χ0v) is 25.9. The number of ether oxygens (including phenoxy) is 1. The Morgan fingerprint density at radius 2 is 1.81 bits per heavy atom. The second-order valence-corrected chi connectivity index (χ2v) is 13.4. The predicted molar refractivity (Wildman–Crippen MR) is 169 cm³/mol. The molecule has 7 atom stereocenters. The molecule has 1 aromatic carbocycles. The Bertz CT molecular complexity index is 1160. The Labute approximate surface area is 257 Å². The van der Waals surface area contributed by atoms with Gasteiger partial charge in [0.2, 0.25) is 5.91 Å². The van der Waals surface area contributed by atoms with Gasteiger partial charge in [0.05, 0.1) is 17.9 Å². The molecule has 4 aliphatic heterocycles. The van der Waals surface area contributed by atoms with Crippen molar-refractivity contribution in [1.29, 1.82) is 0 Å². The molecule has 1 saturated carbocycles. The van der Waals surface area contributed by atoms with E-state index in [0.717, 1.165) is 38.2 Å². The van der Waals surface area contributed by atoms with Gasteiger partial charge < -0.3 is 20.7 Å². The molecular weight excluding hydrogens is 538 g/mol. The number of hydrogen-bond donors (Lipinski definition) is 5. The summed E-state index contributed by atoms with van der Waals surface area (Å²) in [7, 11) is 0. The monoisotopic (exact) mass is 589 g/mol. The van der Waals surface area contributed by atoms with Crippen molar-refractivity contribution in [2.75, 3.05) is 32.8 Å². The van der Waals surface area contributed by atoms with Gasteiger partial charge in [-0.2, -0.15) is 0 Å². The predicted octanol–water partition coefficient (Wildman–Crippen LogP) is 2.03. The van der Waals surface area contributed by atoms with Crippen LogP contribution in [-0.4, -0.2) is 84.7 Å². The van der Waals surface area contributed by atoms with Crippen molar-refractivity contribution < 1.29 is 9.53 Å². The van der Waals surface area contributed by atoms with Crippen LogP contribution < -0.4 is 31.7 Å². The molecule has 7 unspecified atom stereocenters. The number of amides is 1. The number of carbonyl (C=O) groups excluding carboxylic acids is 1. The summed E-state index contributed by atoms with van der Waals surface area (Å²) in [5.74, 6) is 9.79. The molecule has 43 heavy (non-hydrogen) atoms. The number of piperazine rings is 1. The van der Waals surface area contributed by atoms with E-state index in [1.807, 2.05) is 35.2 Å². The topological polar surface area (TPSA) is 107 Å². The highest BCUT2D eigenvalue weighted by atomic mass is 16.5. The smallest absolute Gasteiger partial charge is 0.245 e. The summed E-state index contributed by atoms with van der Waals surface area (Å²) in [6, 6.07) is 10.6. The lowest BCUT2D eigenvalue weighted by Crippen LogP contribution is -2.75. The third kappa shape index (κ3) is 5.98. The standard InChI is InChI=1S/C34H51N7O2/c1-4-30(42)40-18-16-24(17-19-40)14-15-28-31(27-20-37-29(21-36-27)43-26-12-6-5-7-13-26)32-33(35)38-22-39-34(32,41(28)23(2)3)25-10-8-9-11-25/h4-7,12-13,23-25,27-29,31-33,36-39H,1,8-11,16-22,35H2,2-3H3. The average Bonchev–Trinajstić information content (AvgIpc) is 3.67. The fourth-order valence-electron chi connectivity index (χ4n) is 8.87. The molecule has 1 aromatic rings. The number of nitrogens with two attached hydrogens (primary N) is 1. The average molecular weight is 590 g/mol. The molecule has 0 radical (unpaired) electrons. The lowest BCUT2D eigenvalue weighted by molar-refractivity contribution is -0.127. The normalized spacial score (nSPS) is 35.8. The van der Waals surface area contributed by atoms with Gasteiger partial charge in [0.25, 0.3) is 0 Å². The minimum atomic E-state index is -0.196. The molecule has 9 nitrogen and oxygen atoms in total. The van der Waals surface area contributed by atoms with Crippen molar-refractivity contribution in [3.63, 3.8) is 0 Å². The van der Waals surface area contributed by atoms with E-state index in [-0.39, 0.29) is 53.8 Å². The van der Waals surface area contributed by atoms with E-state index in [1.165, 1.54) is 31.8 Å². The number of nitrogens with one attached hydrogen (secondary N) is 4. The number of carbonyl (C=O) groups is 1. The first-order valence-electron chi connectivity index (χ1n) is 16.6. The Morgan fingerprint density at radius 1 is 1.07 bits per heavy atom. The molecular formula is C34H51N7O2. The zero-order valence-electron chi connectivity index (χ0n) is 25.9. The molecule has 5 fully saturated rings. The SMILES string of the molecule is C=CC(=O)N1CCC(C#CC2C(C3CNC(Oc4ccccc4)CN3)C3C(N)NCNC3(C3CCCC3)N2C(C)C)CC1. The van der Waals surface area contributed by atoms with Crippen molar-refractivity contribution >= 4 is 5.91 Å². The van der Waals surface area contributed by atoms with Gasteiger partial charge in [-0.25, -0.2) is 0 Å². The first kappa shape index (κ1) is 30.6. The Kier molecular flexibility index (Phi) is 9.43. The maximum atomic E-state index is 12.2. The largest absolute Gasteiger partial charge is 0.474 e.